The summed E-state index contributed by atoms with van der Waals surface area (Å²) in [5.41, 5.74) is 4.47. The fourth-order valence-electron chi connectivity index (χ4n) is 4.54. The van der Waals surface area contributed by atoms with E-state index in [1.807, 2.05) is 68.1 Å². The van der Waals surface area contributed by atoms with Gasteiger partial charge in [0, 0.05) is 37.1 Å². The zero-order valence-electron chi connectivity index (χ0n) is 20.5. The van der Waals surface area contributed by atoms with Crippen molar-refractivity contribution in [1.82, 2.24) is 10.2 Å². The van der Waals surface area contributed by atoms with Crippen LogP contribution in [0.2, 0.25) is 0 Å². The fourth-order valence-corrected chi connectivity index (χ4v) is 4.54. The van der Waals surface area contributed by atoms with Gasteiger partial charge >= 0.3 is 0 Å². The number of carbonyl (C=O) groups is 1. The lowest BCUT2D eigenvalue weighted by Gasteiger charge is -2.40. The first-order valence-corrected chi connectivity index (χ1v) is 12.4. The maximum atomic E-state index is 12.8. The molecule has 2 aromatic rings. The number of aliphatic hydroxyl groups is 1. The van der Waals surface area contributed by atoms with Crippen LogP contribution in [0.1, 0.15) is 74.0 Å². The molecular weight excluding hydrogens is 412 g/mol. The third kappa shape index (κ3) is 5.48. The van der Waals surface area contributed by atoms with Crippen LogP contribution in [0.5, 0.6) is 5.75 Å². The number of hydrogen-bond donors (Lipinski definition) is 2. The maximum Gasteiger partial charge on any atom is 0.253 e. The molecule has 0 saturated carbocycles. The second-order valence-electron chi connectivity index (χ2n) is 8.43. The molecule has 0 unspecified atom stereocenters. The minimum Gasteiger partial charge on any atom is -0.482 e. The number of nitrogens with zero attached hydrogens (tertiary/aromatic N) is 1. The van der Waals surface area contributed by atoms with Gasteiger partial charge in [0.15, 0.2) is 0 Å². The van der Waals surface area contributed by atoms with Crippen molar-refractivity contribution in [3.8, 4) is 5.75 Å². The first kappa shape index (κ1) is 25.0. The second kappa shape index (κ2) is 11.5. The quantitative estimate of drug-likeness (QED) is 0.648. The number of hydrogen-bond acceptors (Lipinski definition) is 4. The molecule has 0 aliphatic carbocycles. The van der Waals surface area contributed by atoms with Crippen LogP contribution in [0.25, 0.3) is 5.57 Å². The number of piperidine rings is 1. The predicted octanol–water partition coefficient (Wildman–Crippen LogP) is 5.02. The van der Waals surface area contributed by atoms with Gasteiger partial charge in [0.1, 0.15) is 11.4 Å². The summed E-state index contributed by atoms with van der Waals surface area (Å²) >= 11 is 0. The highest BCUT2D eigenvalue weighted by Gasteiger charge is 2.37. The van der Waals surface area contributed by atoms with Crippen LogP contribution < -0.4 is 10.1 Å². The van der Waals surface area contributed by atoms with Crippen molar-refractivity contribution in [3.05, 3.63) is 70.8 Å². The van der Waals surface area contributed by atoms with E-state index in [-0.39, 0.29) is 18.1 Å². The molecule has 0 aromatic heterocycles. The molecule has 5 nitrogen and oxygen atoms in total. The minimum absolute atomic E-state index is 0.00720. The summed E-state index contributed by atoms with van der Waals surface area (Å²) in [6.45, 7) is 11.4. The van der Waals surface area contributed by atoms with Gasteiger partial charge in [-0.15, -0.1) is 0 Å². The Labute approximate surface area is 198 Å². The predicted molar refractivity (Wildman–Crippen MR) is 135 cm³/mol. The van der Waals surface area contributed by atoms with Crippen LogP contribution in [0, 0.1) is 0 Å². The summed E-state index contributed by atoms with van der Waals surface area (Å²) in [7, 11) is 0. The van der Waals surface area contributed by atoms with Gasteiger partial charge in [-0.05, 0) is 67.4 Å². The van der Waals surface area contributed by atoms with E-state index in [4.69, 9.17) is 4.74 Å². The van der Waals surface area contributed by atoms with Crippen molar-refractivity contribution in [3.63, 3.8) is 0 Å². The van der Waals surface area contributed by atoms with Gasteiger partial charge in [-0.2, -0.15) is 0 Å². The highest BCUT2D eigenvalue weighted by Crippen LogP contribution is 2.43. The van der Waals surface area contributed by atoms with E-state index in [1.165, 1.54) is 0 Å². The Balaban J connectivity index is 0.00000149. The van der Waals surface area contributed by atoms with Crippen LogP contribution in [0.4, 0.5) is 0 Å². The van der Waals surface area contributed by atoms with Crippen molar-refractivity contribution in [2.75, 3.05) is 26.2 Å². The Bertz CT molecular complexity index is 960. The van der Waals surface area contributed by atoms with Gasteiger partial charge in [-0.3, -0.25) is 4.79 Å². The number of amides is 1. The number of aliphatic hydroxyl groups excluding tert-OH is 1. The van der Waals surface area contributed by atoms with E-state index in [2.05, 4.69) is 18.3 Å². The summed E-state index contributed by atoms with van der Waals surface area (Å²) in [6.07, 6.45) is 5.02. The van der Waals surface area contributed by atoms with Gasteiger partial charge in [0.25, 0.3) is 5.91 Å². The van der Waals surface area contributed by atoms with Gasteiger partial charge < -0.3 is 20.1 Å². The number of ether oxygens (including phenoxy) is 1. The van der Waals surface area contributed by atoms with Crippen molar-refractivity contribution in [1.29, 1.82) is 0 Å². The largest absolute Gasteiger partial charge is 0.482 e. The summed E-state index contributed by atoms with van der Waals surface area (Å²) in [6, 6.07) is 13.9. The molecule has 2 aromatic carbocycles. The Hall–Kier alpha value is -2.63. The monoisotopic (exact) mass is 450 g/mol. The molecule has 2 heterocycles. The molecule has 0 radical (unpaired) electrons. The average molecular weight is 451 g/mol. The molecule has 178 valence electrons. The molecule has 2 N–H and O–H groups in total. The normalized spacial score (nSPS) is 16.1. The highest BCUT2D eigenvalue weighted by atomic mass is 16.5. The van der Waals surface area contributed by atoms with E-state index in [0.717, 1.165) is 72.5 Å². The number of rotatable bonds is 6. The van der Waals surface area contributed by atoms with Crippen molar-refractivity contribution in [2.45, 2.75) is 59.2 Å². The SMILES string of the molecule is CC.CCCN(CC)C(=O)c1ccc(C2=CC3(CCNCC3)Oc3cc(CO)ccc32)cc1. The Morgan fingerprint density at radius 1 is 1.09 bits per heavy atom. The molecule has 33 heavy (non-hydrogen) atoms. The van der Waals surface area contributed by atoms with Crippen LogP contribution in [-0.2, 0) is 6.61 Å². The second-order valence-corrected chi connectivity index (χ2v) is 8.43. The van der Waals surface area contributed by atoms with Crippen LogP contribution in [-0.4, -0.2) is 47.7 Å². The van der Waals surface area contributed by atoms with Gasteiger partial charge in [0.05, 0.1) is 6.61 Å². The van der Waals surface area contributed by atoms with Crippen molar-refractivity contribution < 1.29 is 14.6 Å². The molecule has 1 spiro atoms. The standard InChI is InChI=1S/C26H32N2O3.C2H6/c1-3-15-28(4-2)25(30)21-8-6-20(7-9-21)23-17-26(11-13-27-14-12-26)31-24-16-19(18-29)5-10-22(23)24;1-2/h5-10,16-17,27,29H,3-4,11-15,18H2,1-2H3;1-2H3. The number of carbonyl (C=O) groups excluding carboxylic acids is 1. The van der Waals surface area contributed by atoms with E-state index >= 15 is 0 Å². The fraction of sp³-hybridized carbons (Fsp3) is 0.464. The van der Waals surface area contributed by atoms with Crippen LogP contribution in [0.15, 0.2) is 48.5 Å². The molecule has 0 atom stereocenters. The van der Waals surface area contributed by atoms with E-state index in [0.29, 0.717) is 6.54 Å². The summed E-state index contributed by atoms with van der Waals surface area (Å²) in [5, 5.41) is 13.0. The zero-order chi connectivity index (χ0) is 23.8. The molecule has 0 bridgehead atoms. The Morgan fingerprint density at radius 2 is 1.79 bits per heavy atom. The van der Waals surface area contributed by atoms with Crippen molar-refractivity contribution in [2.24, 2.45) is 0 Å². The van der Waals surface area contributed by atoms with Crippen LogP contribution in [0.3, 0.4) is 0 Å². The lowest BCUT2D eigenvalue weighted by Crippen LogP contribution is -2.46. The molecule has 1 saturated heterocycles. The lowest BCUT2D eigenvalue weighted by atomic mass is 9.83. The third-order valence-electron chi connectivity index (χ3n) is 6.29. The van der Waals surface area contributed by atoms with E-state index in [9.17, 15) is 9.90 Å². The Morgan fingerprint density at radius 3 is 2.39 bits per heavy atom. The van der Waals surface area contributed by atoms with Gasteiger partial charge in [-0.25, -0.2) is 0 Å². The lowest BCUT2D eigenvalue weighted by molar-refractivity contribution is 0.0764. The average Bonchev–Trinajstić information content (AvgIpc) is 2.87. The minimum atomic E-state index is -0.337. The highest BCUT2D eigenvalue weighted by molar-refractivity contribution is 5.95. The smallest absolute Gasteiger partial charge is 0.253 e. The number of nitrogens with one attached hydrogen (secondary N) is 1. The summed E-state index contributed by atoms with van der Waals surface area (Å²) in [5.74, 6) is 0.908. The molecule has 2 aliphatic heterocycles. The topological polar surface area (TPSA) is 61.8 Å². The first-order valence-electron chi connectivity index (χ1n) is 12.4. The van der Waals surface area contributed by atoms with E-state index in [1.54, 1.807) is 0 Å². The Kier molecular flexibility index (Phi) is 8.70. The first-order chi connectivity index (χ1) is 16.1. The van der Waals surface area contributed by atoms with Crippen molar-refractivity contribution >= 4 is 11.5 Å². The van der Waals surface area contributed by atoms with Crippen LogP contribution >= 0.6 is 0 Å². The van der Waals surface area contributed by atoms with E-state index < -0.39 is 0 Å². The molecule has 5 heteroatoms. The summed E-state index contributed by atoms with van der Waals surface area (Å²) < 4.78 is 6.50. The summed E-state index contributed by atoms with van der Waals surface area (Å²) in [4.78, 5) is 14.7. The molecule has 1 amide bonds. The number of fused-ring (bicyclic) bond motifs is 1. The molecule has 2 aliphatic rings. The number of benzene rings is 2. The zero-order valence-corrected chi connectivity index (χ0v) is 20.5. The molecular formula is C28H38N2O3. The van der Waals surface area contributed by atoms with Gasteiger partial charge in [-0.1, -0.05) is 45.0 Å². The third-order valence-corrected chi connectivity index (χ3v) is 6.29. The molecule has 1 fully saturated rings. The maximum absolute atomic E-state index is 12.8. The molecule has 4 rings (SSSR count). The van der Waals surface area contributed by atoms with Gasteiger partial charge in [0.2, 0.25) is 0 Å².